The number of amides is 1. The minimum Gasteiger partial charge on any atom is -0.489 e. The summed E-state index contributed by atoms with van der Waals surface area (Å²) in [5.41, 5.74) is 2.70. The van der Waals surface area contributed by atoms with Gasteiger partial charge in [-0.15, -0.1) is 0 Å². The number of carbonyl (C=O) groups is 1. The molecule has 3 aromatic rings. The van der Waals surface area contributed by atoms with Crippen LogP contribution in [0, 0.1) is 19.7 Å². The summed E-state index contributed by atoms with van der Waals surface area (Å²) < 4.78 is 20.6. The van der Waals surface area contributed by atoms with Gasteiger partial charge >= 0.3 is 0 Å². The molecule has 0 aliphatic rings. The fraction of sp³-hybridized carbons (Fsp3) is 0.278. The van der Waals surface area contributed by atoms with Crippen molar-refractivity contribution >= 4 is 11.6 Å². The minimum atomic E-state index is -0.422. The van der Waals surface area contributed by atoms with Crippen LogP contribution in [0.15, 0.2) is 36.5 Å². The molecule has 0 atom stereocenters. The number of aryl methyl sites for hydroxylation is 2. The first-order chi connectivity index (χ1) is 12.0. The lowest BCUT2D eigenvalue weighted by molar-refractivity contribution is 0.0774. The SMILES string of the molecule is Cc1cc(C)n2ncc(C(=O)N(C)CCOc3ccccc3F)c2n1. The van der Waals surface area contributed by atoms with Crippen molar-refractivity contribution in [1.29, 1.82) is 0 Å². The van der Waals surface area contributed by atoms with Crippen molar-refractivity contribution in [2.75, 3.05) is 20.2 Å². The third-order valence-electron chi connectivity index (χ3n) is 3.88. The van der Waals surface area contributed by atoms with E-state index in [0.29, 0.717) is 17.8 Å². The number of aromatic nitrogens is 3. The van der Waals surface area contributed by atoms with Gasteiger partial charge < -0.3 is 9.64 Å². The summed E-state index contributed by atoms with van der Waals surface area (Å²) >= 11 is 0. The van der Waals surface area contributed by atoms with Crippen LogP contribution in [0.25, 0.3) is 5.65 Å². The number of fused-ring (bicyclic) bond motifs is 1. The number of para-hydroxylation sites is 1. The van der Waals surface area contributed by atoms with E-state index in [1.165, 1.54) is 17.2 Å². The van der Waals surface area contributed by atoms with Crippen molar-refractivity contribution in [3.8, 4) is 5.75 Å². The number of halogens is 1. The molecule has 3 rings (SSSR count). The Balaban J connectivity index is 1.70. The number of ether oxygens (including phenoxy) is 1. The maximum absolute atomic E-state index is 13.5. The molecule has 130 valence electrons. The molecular formula is C18H19FN4O2. The van der Waals surface area contributed by atoms with E-state index in [1.807, 2.05) is 19.9 Å². The Hall–Kier alpha value is -2.96. The van der Waals surface area contributed by atoms with Crippen molar-refractivity contribution < 1.29 is 13.9 Å². The van der Waals surface area contributed by atoms with Crippen molar-refractivity contribution in [1.82, 2.24) is 19.5 Å². The van der Waals surface area contributed by atoms with Gasteiger partial charge in [0.1, 0.15) is 12.2 Å². The van der Waals surface area contributed by atoms with Gasteiger partial charge in [0, 0.05) is 18.4 Å². The standard InChI is InChI=1S/C18H19FN4O2/c1-12-10-13(2)23-17(21-12)14(11-20-23)18(24)22(3)8-9-25-16-7-5-4-6-15(16)19/h4-7,10-11H,8-9H2,1-3H3. The molecule has 0 unspecified atom stereocenters. The fourth-order valence-electron chi connectivity index (χ4n) is 2.58. The molecule has 0 saturated heterocycles. The molecule has 0 fully saturated rings. The van der Waals surface area contributed by atoms with Gasteiger partial charge in [0.2, 0.25) is 0 Å². The Labute approximate surface area is 144 Å². The third-order valence-corrected chi connectivity index (χ3v) is 3.88. The summed E-state index contributed by atoms with van der Waals surface area (Å²) in [5, 5.41) is 4.23. The van der Waals surface area contributed by atoms with Crippen LogP contribution in [-0.2, 0) is 0 Å². The van der Waals surface area contributed by atoms with Gasteiger partial charge in [-0.25, -0.2) is 13.9 Å². The molecule has 0 aliphatic carbocycles. The van der Waals surface area contributed by atoms with E-state index < -0.39 is 5.82 Å². The molecule has 0 N–H and O–H groups in total. The van der Waals surface area contributed by atoms with Crippen molar-refractivity contribution in [3.05, 3.63) is 59.3 Å². The number of likely N-dealkylation sites (N-methyl/N-ethyl adjacent to an activating group) is 1. The second kappa shape index (κ2) is 6.88. The van der Waals surface area contributed by atoms with Gasteiger partial charge in [0.25, 0.3) is 5.91 Å². The van der Waals surface area contributed by atoms with E-state index in [9.17, 15) is 9.18 Å². The maximum atomic E-state index is 13.5. The van der Waals surface area contributed by atoms with Gasteiger partial charge in [-0.3, -0.25) is 4.79 Å². The second-order valence-corrected chi connectivity index (χ2v) is 5.84. The average Bonchev–Trinajstić information content (AvgIpc) is 2.99. The summed E-state index contributed by atoms with van der Waals surface area (Å²) in [5.74, 6) is -0.453. The molecule has 1 aromatic carbocycles. The van der Waals surface area contributed by atoms with E-state index in [2.05, 4.69) is 10.1 Å². The highest BCUT2D eigenvalue weighted by Gasteiger charge is 2.19. The normalized spacial score (nSPS) is 10.9. The highest BCUT2D eigenvalue weighted by Crippen LogP contribution is 2.16. The van der Waals surface area contributed by atoms with E-state index in [-0.39, 0.29) is 18.3 Å². The maximum Gasteiger partial charge on any atom is 0.259 e. The quantitative estimate of drug-likeness (QED) is 0.715. The number of hydrogen-bond acceptors (Lipinski definition) is 4. The summed E-state index contributed by atoms with van der Waals surface area (Å²) in [4.78, 5) is 18.6. The molecule has 0 saturated carbocycles. The summed E-state index contributed by atoms with van der Waals surface area (Å²) in [7, 11) is 1.67. The monoisotopic (exact) mass is 342 g/mol. The summed E-state index contributed by atoms with van der Waals surface area (Å²) in [6.07, 6.45) is 1.52. The van der Waals surface area contributed by atoms with Gasteiger partial charge in [-0.05, 0) is 32.0 Å². The molecule has 7 heteroatoms. The van der Waals surface area contributed by atoms with E-state index in [1.54, 1.807) is 29.8 Å². The lowest BCUT2D eigenvalue weighted by Gasteiger charge is -2.17. The molecule has 2 aromatic heterocycles. The smallest absolute Gasteiger partial charge is 0.259 e. The minimum absolute atomic E-state index is 0.173. The highest BCUT2D eigenvalue weighted by atomic mass is 19.1. The topological polar surface area (TPSA) is 59.7 Å². The number of benzene rings is 1. The lowest BCUT2D eigenvalue weighted by atomic mass is 10.2. The molecule has 1 amide bonds. The van der Waals surface area contributed by atoms with E-state index in [4.69, 9.17) is 4.74 Å². The predicted molar refractivity (Wildman–Crippen MR) is 91.3 cm³/mol. The molecule has 6 nitrogen and oxygen atoms in total. The largest absolute Gasteiger partial charge is 0.489 e. The third kappa shape index (κ3) is 3.45. The zero-order chi connectivity index (χ0) is 18.0. The van der Waals surface area contributed by atoms with Gasteiger partial charge in [-0.1, -0.05) is 12.1 Å². The van der Waals surface area contributed by atoms with Crippen LogP contribution in [-0.4, -0.2) is 45.6 Å². The molecule has 25 heavy (non-hydrogen) atoms. The van der Waals surface area contributed by atoms with Crippen LogP contribution in [0.2, 0.25) is 0 Å². The molecular weight excluding hydrogens is 323 g/mol. The van der Waals surface area contributed by atoms with Crippen LogP contribution in [0.1, 0.15) is 21.7 Å². The molecule has 0 spiro atoms. The van der Waals surface area contributed by atoms with Gasteiger partial charge in [0.05, 0.1) is 12.7 Å². The Morgan fingerprint density at radius 1 is 1.32 bits per heavy atom. The molecule has 0 radical (unpaired) electrons. The Morgan fingerprint density at radius 3 is 2.84 bits per heavy atom. The van der Waals surface area contributed by atoms with E-state index >= 15 is 0 Å². The Kier molecular flexibility index (Phi) is 4.65. The molecule has 0 bridgehead atoms. The van der Waals surface area contributed by atoms with Gasteiger partial charge in [-0.2, -0.15) is 5.10 Å². The summed E-state index contributed by atoms with van der Waals surface area (Å²) in [6.45, 7) is 4.29. The Bertz CT molecular complexity index is 923. The first-order valence-corrected chi connectivity index (χ1v) is 7.92. The number of hydrogen-bond donors (Lipinski definition) is 0. The zero-order valence-electron chi connectivity index (χ0n) is 14.4. The first kappa shape index (κ1) is 16.9. The second-order valence-electron chi connectivity index (χ2n) is 5.84. The van der Waals surface area contributed by atoms with Crippen molar-refractivity contribution in [2.45, 2.75) is 13.8 Å². The highest BCUT2D eigenvalue weighted by molar-refractivity contribution is 5.99. The Morgan fingerprint density at radius 2 is 2.08 bits per heavy atom. The van der Waals surface area contributed by atoms with Crippen molar-refractivity contribution in [2.24, 2.45) is 0 Å². The van der Waals surface area contributed by atoms with Crippen LogP contribution >= 0.6 is 0 Å². The number of nitrogens with zero attached hydrogens (tertiary/aromatic N) is 4. The molecule has 0 aliphatic heterocycles. The fourth-order valence-corrected chi connectivity index (χ4v) is 2.58. The van der Waals surface area contributed by atoms with E-state index in [0.717, 1.165) is 11.4 Å². The van der Waals surface area contributed by atoms with Crippen LogP contribution in [0.5, 0.6) is 5.75 Å². The average molecular weight is 342 g/mol. The van der Waals surface area contributed by atoms with Gasteiger partial charge in [0.15, 0.2) is 17.2 Å². The lowest BCUT2D eigenvalue weighted by Crippen LogP contribution is -2.31. The molecule has 2 heterocycles. The predicted octanol–water partition coefficient (Wildman–Crippen LogP) is 2.64. The first-order valence-electron chi connectivity index (χ1n) is 7.92. The zero-order valence-corrected chi connectivity index (χ0v) is 14.4. The number of rotatable bonds is 5. The van der Waals surface area contributed by atoms with Crippen LogP contribution in [0.4, 0.5) is 4.39 Å². The van der Waals surface area contributed by atoms with Crippen LogP contribution in [0.3, 0.4) is 0 Å². The number of carbonyl (C=O) groups excluding carboxylic acids is 1. The van der Waals surface area contributed by atoms with Crippen LogP contribution < -0.4 is 4.74 Å². The summed E-state index contributed by atoms with van der Waals surface area (Å²) in [6, 6.07) is 8.08. The van der Waals surface area contributed by atoms with Crippen molar-refractivity contribution in [3.63, 3.8) is 0 Å².